The lowest BCUT2D eigenvalue weighted by molar-refractivity contribution is -0.153. The molecule has 0 saturated carbocycles. The molecule has 11 heteroatoms. The third-order valence-electron chi connectivity index (χ3n) is 7.74. The summed E-state index contributed by atoms with van der Waals surface area (Å²) in [4.78, 5) is 44.1. The smallest absolute Gasteiger partial charge is 0.344 e. The molecule has 52 heavy (non-hydrogen) atoms. The van der Waals surface area contributed by atoms with E-state index < -0.39 is 18.0 Å². The number of aromatic amines is 1. The Kier molecular flexibility index (Phi) is 17.0. The molecule has 0 aliphatic heterocycles. The molecule has 4 rings (SSSR count). The zero-order valence-corrected chi connectivity index (χ0v) is 30.7. The summed E-state index contributed by atoms with van der Waals surface area (Å²) >= 11 is 0. The number of imidazole rings is 1. The SMILES string of the molecule is CC.CCCCOC(=O)COc1ccc(-c2nc(-c3ccc(C(=N)CC(O)C(=O)OCCCC)cc3)[nH]c2-c2ccc(/C=C/C(=O)NC)cc2)cc1. The van der Waals surface area contributed by atoms with E-state index in [0.29, 0.717) is 35.9 Å². The fourth-order valence-electron chi connectivity index (χ4n) is 4.80. The molecular formula is C41H50N4O7. The van der Waals surface area contributed by atoms with Crippen molar-refractivity contribution in [3.8, 4) is 39.7 Å². The number of hydrogen-bond acceptors (Lipinski definition) is 9. The number of esters is 2. The summed E-state index contributed by atoms with van der Waals surface area (Å²) in [6.07, 6.45) is 4.95. The molecule has 276 valence electrons. The largest absolute Gasteiger partial charge is 0.482 e. The van der Waals surface area contributed by atoms with Crippen molar-refractivity contribution in [2.75, 3.05) is 26.9 Å². The van der Waals surface area contributed by atoms with E-state index in [1.54, 1.807) is 37.4 Å². The zero-order chi connectivity index (χ0) is 37.9. The Morgan fingerprint density at radius 3 is 2.08 bits per heavy atom. The quantitative estimate of drug-likeness (QED) is 0.0360. The van der Waals surface area contributed by atoms with E-state index in [2.05, 4.69) is 10.3 Å². The molecule has 0 fully saturated rings. The summed E-state index contributed by atoms with van der Waals surface area (Å²) in [6.45, 7) is 8.44. The number of aliphatic hydroxyl groups excluding tert-OH is 1. The Morgan fingerprint density at radius 2 is 1.46 bits per heavy atom. The number of unbranched alkanes of at least 4 members (excludes halogenated alkanes) is 2. The lowest BCUT2D eigenvalue weighted by atomic mass is 10.0. The third kappa shape index (κ3) is 12.3. The highest BCUT2D eigenvalue weighted by Gasteiger charge is 2.20. The van der Waals surface area contributed by atoms with Crippen LogP contribution in [0.1, 0.15) is 70.9 Å². The first-order valence-electron chi connectivity index (χ1n) is 17.7. The number of hydrogen-bond donors (Lipinski definition) is 4. The lowest BCUT2D eigenvalue weighted by Crippen LogP contribution is -2.26. The van der Waals surface area contributed by atoms with Crippen LogP contribution in [0.4, 0.5) is 0 Å². The van der Waals surface area contributed by atoms with Crippen LogP contribution < -0.4 is 10.1 Å². The number of nitrogens with one attached hydrogen (secondary N) is 3. The van der Waals surface area contributed by atoms with E-state index in [4.69, 9.17) is 24.6 Å². The van der Waals surface area contributed by atoms with Crippen molar-refractivity contribution in [3.05, 3.63) is 90.0 Å². The highest BCUT2D eigenvalue weighted by Crippen LogP contribution is 2.34. The molecule has 11 nitrogen and oxygen atoms in total. The van der Waals surface area contributed by atoms with Crippen LogP contribution in [0.2, 0.25) is 0 Å². The maximum absolute atomic E-state index is 12.1. The van der Waals surface area contributed by atoms with Crippen LogP contribution in [-0.4, -0.2) is 71.6 Å². The van der Waals surface area contributed by atoms with Crippen LogP contribution >= 0.6 is 0 Å². The second kappa shape index (κ2) is 21.6. The van der Waals surface area contributed by atoms with E-state index in [9.17, 15) is 19.5 Å². The third-order valence-corrected chi connectivity index (χ3v) is 7.74. The number of amides is 1. The molecule has 1 atom stereocenters. The Bertz CT molecular complexity index is 1760. The van der Waals surface area contributed by atoms with E-state index in [1.807, 2.05) is 76.2 Å². The fourth-order valence-corrected chi connectivity index (χ4v) is 4.80. The fraction of sp³-hybridized carbons (Fsp3) is 0.341. The average Bonchev–Trinajstić information content (AvgIpc) is 3.63. The molecule has 1 amide bonds. The minimum absolute atomic E-state index is 0.111. The van der Waals surface area contributed by atoms with Crippen molar-refractivity contribution in [2.24, 2.45) is 0 Å². The lowest BCUT2D eigenvalue weighted by Gasteiger charge is -2.11. The molecule has 4 N–H and O–H groups in total. The van der Waals surface area contributed by atoms with Crippen LogP contribution in [0.15, 0.2) is 78.9 Å². The Hall–Kier alpha value is -5.55. The van der Waals surface area contributed by atoms with E-state index in [0.717, 1.165) is 47.2 Å². The Morgan fingerprint density at radius 1 is 0.865 bits per heavy atom. The molecule has 0 bridgehead atoms. The van der Waals surface area contributed by atoms with Crippen LogP contribution in [0.25, 0.3) is 40.0 Å². The van der Waals surface area contributed by atoms with E-state index >= 15 is 0 Å². The van der Waals surface area contributed by atoms with Gasteiger partial charge in [-0.3, -0.25) is 4.79 Å². The number of benzene rings is 3. The second-order valence-electron chi connectivity index (χ2n) is 11.6. The van der Waals surface area contributed by atoms with Gasteiger partial charge < -0.3 is 35.0 Å². The Balaban J connectivity index is 0.00000358. The number of rotatable bonds is 18. The highest BCUT2D eigenvalue weighted by atomic mass is 16.6. The maximum Gasteiger partial charge on any atom is 0.344 e. The number of aromatic nitrogens is 2. The summed E-state index contributed by atoms with van der Waals surface area (Å²) in [5, 5.41) is 21.2. The molecule has 0 spiro atoms. The molecular weight excluding hydrogens is 660 g/mol. The van der Waals surface area contributed by atoms with Gasteiger partial charge in [-0.25, -0.2) is 14.6 Å². The second-order valence-corrected chi connectivity index (χ2v) is 11.6. The number of carbonyl (C=O) groups is 3. The molecule has 1 unspecified atom stereocenters. The number of aliphatic hydroxyl groups is 1. The molecule has 1 heterocycles. The van der Waals surface area contributed by atoms with Crippen molar-refractivity contribution in [1.29, 1.82) is 5.41 Å². The van der Waals surface area contributed by atoms with E-state index in [-0.39, 0.29) is 31.3 Å². The van der Waals surface area contributed by atoms with Gasteiger partial charge in [-0.05, 0) is 54.3 Å². The van der Waals surface area contributed by atoms with Gasteiger partial charge in [0.25, 0.3) is 0 Å². The normalized spacial score (nSPS) is 11.3. The topological polar surface area (TPSA) is 164 Å². The standard InChI is InChI=1S/C39H44N4O7.C2H6/c1-4-6-22-48-35(46)25-50-31-19-17-29(18-20-31)37-36(28-11-8-26(9-12-28)10-21-34(45)41-3)42-38(43-37)30-15-13-27(14-16-30)32(40)24-33(44)39(47)49-23-7-5-2;1-2/h8-21,33,40,44H,4-7,22-25H2,1-3H3,(H,41,45)(H,42,43);1-2H3/b21-10+,40-32?;. The minimum Gasteiger partial charge on any atom is -0.482 e. The molecule has 0 radical (unpaired) electrons. The number of carbonyl (C=O) groups excluding carboxylic acids is 3. The van der Waals surface area contributed by atoms with Gasteiger partial charge in [0, 0.05) is 41.9 Å². The molecule has 0 aliphatic carbocycles. The van der Waals surface area contributed by atoms with Crippen molar-refractivity contribution < 1.29 is 33.7 Å². The molecule has 1 aromatic heterocycles. The number of ether oxygens (including phenoxy) is 3. The van der Waals surface area contributed by atoms with Crippen LogP contribution in [0.5, 0.6) is 5.75 Å². The van der Waals surface area contributed by atoms with Gasteiger partial charge in [-0.15, -0.1) is 0 Å². The molecule has 4 aromatic rings. The first-order chi connectivity index (χ1) is 25.2. The predicted molar refractivity (Wildman–Crippen MR) is 204 cm³/mol. The highest BCUT2D eigenvalue weighted by molar-refractivity contribution is 6.00. The van der Waals surface area contributed by atoms with Gasteiger partial charge in [0.1, 0.15) is 11.6 Å². The number of H-pyrrole nitrogens is 1. The molecule has 0 saturated heterocycles. The zero-order valence-electron chi connectivity index (χ0n) is 30.7. The number of likely N-dealkylation sites (N-methyl/N-ethyl adjacent to an activating group) is 1. The summed E-state index contributed by atoms with van der Waals surface area (Å²) in [7, 11) is 1.57. The monoisotopic (exact) mass is 710 g/mol. The van der Waals surface area contributed by atoms with Crippen molar-refractivity contribution >= 4 is 29.6 Å². The summed E-state index contributed by atoms with van der Waals surface area (Å²) in [5.74, 6) is -0.236. The average molecular weight is 711 g/mol. The maximum atomic E-state index is 12.1. The van der Waals surface area contributed by atoms with Gasteiger partial charge in [-0.2, -0.15) is 0 Å². The molecule has 0 aliphatic rings. The van der Waals surface area contributed by atoms with Gasteiger partial charge >= 0.3 is 11.9 Å². The minimum atomic E-state index is -1.41. The Labute approximate surface area is 306 Å². The van der Waals surface area contributed by atoms with Crippen molar-refractivity contribution in [2.45, 2.75) is 65.9 Å². The first kappa shape index (κ1) is 40.9. The van der Waals surface area contributed by atoms with Crippen molar-refractivity contribution in [3.63, 3.8) is 0 Å². The van der Waals surface area contributed by atoms with Gasteiger partial charge in [0.05, 0.1) is 24.6 Å². The first-order valence-corrected chi connectivity index (χ1v) is 17.7. The molecule has 3 aromatic carbocycles. The van der Waals surface area contributed by atoms with Gasteiger partial charge in [-0.1, -0.05) is 89.1 Å². The summed E-state index contributed by atoms with van der Waals surface area (Å²) < 4.78 is 15.9. The number of nitrogens with zero attached hydrogens (tertiary/aromatic N) is 1. The van der Waals surface area contributed by atoms with Crippen LogP contribution in [0.3, 0.4) is 0 Å². The van der Waals surface area contributed by atoms with Crippen LogP contribution in [0, 0.1) is 5.41 Å². The predicted octanol–water partition coefficient (Wildman–Crippen LogP) is 7.38. The van der Waals surface area contributed by atoms with Crippen molar-refractivity contribution in [1.82, 2.24) is 15.3 Å². The van der Waals surface area contributed by atoms with Gasteiger partial charge in [0.2, 0.25) is 5.91 Å². The summed E-state index contributed by atoms with van der Waals surface area (Å²) in [6, 6.07) is 22.1. The summed E-state index contributed by atoms with van der Waals surface area (Å²) in [5.41, 5.74) is 5.40. The van der Waals surface area contributed by atoms with Crippen LogP contribution in [-0.2, 0) is 23.9 Å². The van der Waals surface area contributed by atoms with E-state index in [1.165, 1.54) is 6.08 Å². The van der Waals surface area contributed by atoms with Gasteiger partial charge in [0.15, 0.2) is 12.7 Å².